The molecule has 2 fully saturated rings. The maximum atomic E-state index is 12.7. The van der Waals surface area contributed by atoms with Crippen molar-refractivity contribution in [2.24, 2.45) is 5.92 Å². The van der Waals surface area contributed by atoms with Gasteiger partial charge in [0.2, 0.25) is 5.75 Å². The highest BCUT2D eigenvalue weighted by Crippen LogP contribution is 2.49. The molecule has 174 valence electrons. The van der Waals surface area contributed by atoms with Crippen molar-refractivity contribution in [2.75, 3.05) is 46.1 Å². The molecule has 1 saturated carbocycles. The minimum Gasteiger partial charge on any atom is -0.487 e. The molecule has 2 heterocycles. The Morgan fingerprint density at radius 2 is 1.88 bits per heavy atom. The molecule has 33 heavy (non-hydrogen) atoms. The summed E-state index contributed by atoms with van der Waals surface area (Å²) in [6, 6.07) is 12.5. The highest BCUT2D eigenvalue weighted by atomic mass is 16.5. The fourth-order valence-electron chi connectivity index (χ4n) is 4.83. The smallest absolute Gasteiger partial charge is 0.205 e. The molecule has 1 aliphatic carbocycles. The van der Waals surface area contributed by atoms with E-state index in [0.29, 0.717) is 47.7 Å². The molecule has 0 amide bonds. The van der Waals surface area contributed by atoms with Gasteiger partial charge in [-0.05, 0) is 43.4 Å². The second kappa shape index (κ2) is 9.57. The van der Waals surface area contributed by atoms with Crippen LogP contribution in [0.5, 0.6) is 11.5 Å². The second-order valence-corrected chi connectivity index (χ2v) is 9.00. The molecular weight excluding hydrogens is 418 g/mol. The van der Waals surface area contributed by atoms with E-state index in [2.05, 4.69) is 29.2 Å². The van der Waals surface area contributed by atoms with Crippen LogP contribution in [0.4, 0.5) is 0 Å². The van der Waals surface area contributed by atoms with E-state index in [0.717, 1.165) is 50.2 Å². The number of nitrogens with zero attached hydrogens (tertiary/aromatic N) is 1. The van der Waals surface area contributed by atoms with Gasteiger partial charge in [0.1, 0.15) is 6.61 Å². The average molecular weight is 450 g/mol. The van der Waals surface area contributed by atoms with Crippen LogP contribution in [-0.4, -0.2) is 56.7 Å². The zero-order valence-electron chi connectivity index (χ0n) is 19.3. The van der Waals surface area contributed by atoms with E-state index in [1.54, 1.807) is 13.2 Å². The Hall–Kier alpha value is -2.83. The number of rotatable bonds is 9. The highest BCUT2D eigenvalue weighted by Gasteiger charge is 2.39. The third-order valence-corrected chi connectivity index (χ3v) is 6.79. The van der Waals surface area contributed by atoms with Crippen LogP contribution in [0.25, 0.3) is 11.0 Å². The molecule has 0 N–H and O–H groups in total. The zero-order valence-corrected chi connectivity index (χ0v) is 19.3. The van der Waals surface area contributed by atoms with Crippen LogP contribution < -0.4 is 9.47 Å². The van der Waals surface area contributed by atoms with Gasteiger partial charge in [0.15, 0.2) is 17.1 Å². The number of benzene rings is 2. The summed E-state index contributed by atoms with van der Waals surface area (Å²) < 4.78 is 23.9. The maximum Gasteiger partial charge on any atom is 0.205 e. The number of furan rings is 1. The van der Waals surface area contributed by atoms with Crippen molar-refractivity contribution in [1.82, 2.24) is 4.90 Å². The van der Waals surface area contributed by atoms with Crippen LogP contribution in [0.15, 0.2) is 47.1 Å². The first kappa shape index (κ1) is 22.0. The number of fused-ring (bicyclic) bond motifs is 1. The van der Waals surface area contributed by atoms with Crippen LogP contribution in [-0.2, 0) is 4.74 Å². The van der Waals surface area contributed by atoms with Crippen molar-refractivity contribution < 1.29 is 23.4 Å². The van der Waals surface area contributed by atoms with Gasteiger partial charge >= 0.3 is 0 Å². The number of ether oxygens (including phenoxy) is 3. The van der Waals surface area contributed by atoms with Gasteiger partial charge in [-0.25, -0.2) is 0 Å². The lowest BCUT2D eigenvalue weighted by molar-refractivity contribution is 0.0320. The largest absolute Gasteiger partial charge is 0.487 e. The molecular formula is C27H31NO5. The Bertz CT molecular complexity index is 1120. The topological polar surface area (TPSA) is 61.1 Å². The Morgan fingerprint density at radius 3 is 2.64 bits per heavy atom. The molecule has 0 bridgehead atoms. The molecule has 0 radical (unpaired) electrons. The van der Waals surface area contributed by atoms with Gasteiger partial charge in [-0.15, -0.1) is 0 Å². The number of ketones is 1. The number of Topliss-reactive ketones (excluding diaryl/α,β-unsaturated/α-hetero) is 1. The van der Waals surface area contributed by atoms with Gasteiger partial charge in [-0.2, -0.15) is 0 Å². The van der Waals surface area contributed by atoms with Crippen molar-refractivity contribution in [2.45, 2.75) is 26.2 Å². The summed E-state index contributed by atoms with van der Waals surface area (Å²) in [7, 11) is 0. The molecule has 1 aliphatic heterocycles. The fraction of sp³-hybridized carbons (Fsp3) is 0.444. The van der Waals surface area contributed by atoms with Crippen molar-refractivity contribution in [1.29, 1.82) is 0 Å². The standard InChI is InChI=1S/C27H31NO5/c1-18-22-8-12-31-25(22)27(33-17-21-16-23(21)20-6-4-3-5-7-20)26(24(18)19(2)29)32-15-11-28-9-13-30-14-10-28/h3-8,12,21,23H,9-11,13-17H2,1-2H3/t21-,23+/m1/s1. The number of morpholine rings is 1. The van der Waals surface area contributed by atoms with E-state index in [1.165, 1.54) is 5.56 Å². The number of hydrogen-bond donors (Lipinski definition) is 0. The Balaban J connectivity index is 1.38. The van der Waals surface area contributed by atoms with Crippen molar-refractivity contribution >= 4 is 16.8 Å². The first-order valence-corrected chi connectivity index (χ1v) is 11.8. The quantitative estimate of drug-likeness (QED) is 0.436. The molecule has 6 nitrogen and oxygen atoms in total. The predicted molar refractivity (Wildman–Crippen MR) is 126 cm³/mol. The number of carbonyl (C=O) groups is 1. The fourth-order valence-corrected chi connectivity index (χ4v) is 4.83. The molecule has 1 saturated heterocycles. The minimum absolute atomic E-state index is 0.0320. The van der Waals surface area contributed by atoms with Gasteiger partial charge in [-0.1, -0.05) is 30.3 Å². The van der Waals surface area contributed by atoms with Crippen LogP contribution in [0.1, 0.15) is 40.7 Å². The molecule has 2 atom stereocenters. The molecule has 1 aromatic heterocycles. The highest BCUT2D eigenvalue weighted by molar-refractivity contribution is 6.05. The summed E-state index contributed by atoms with van der Waals surface area (Å²) in [6.07, 6.45) is 2.75. The first-order chi connectivity index (χ1) is 16.1. The van der Waals surface area contributed by atoms with Gasteiger partial charge in [-0.3, -0.25) is 9.69 Å². The molecule has 0 spiro atoms. The molecule has 2 aliphatic rings. The lowest BCUT2D eigenvalue weighted by Crippen LogP contribution is -2.38. The third-order valence-electron chi connectivity index (χ3n) is 6.79. The van der Waals surface area contributed by atoms with Crippen LogP contribution in [0.3, 0.4) is 0 Å². The summed E-state index contributed by atoms with van der Waals surface area (Å²) in [5.74, 6) is 1.98. The first-order valence-electron chi connectivity index (χ1n) is 11.8. The van der Waals surface area contributed by atoms with Crippen molar-refractivity contribution in [3.05, 3.63) is 59.4 Å². The normalized spacial score (nSPS) is 20.7. The van der Waals surface area contributed by atoms with Crippen LogP contribution >= 0.6 is 0 Å². The molecule has 3 aromatic rings. The summed E-state index contributed by atoms with van der Waals surface area (Å²) in [5, 5.41) is 0.895. The summed E-state index contributed by atoms with van der Waals surface area (Å²) in [5.41, 5.74) is 3.45. The van der Waals surface area contributed by atoms with E-state index >= 15 is 0 Å². The van der Waals surface area contributed by atoms with Crippen molar-refractivity contribution in [3.63, 3.8) is 0 Å². The van der Waals surface area contributed by atoms with Crippen LogP contribution in [0, 0.1) is 12.8 Å². The maximum absolute atomic E-state index is 12.7. The Morgan fingerprint density at radius 1 is 1.09 bits per heavy atom. The lowest BCUT2D eigenvalue weighted by Gasteiger charge is -2.27. The molecule has 0 unspecified atom stereocenters. The monoisotopic (exact) mass is 449 g/mol. The Labute approximate surface area is 194 Å². The zero-order chi connectivity index (χ0) is 22.8. The molecule has 2 aromatic carbocycles. The number of carbonyl (C=O) groups excluding carboxylic acids is 1. The SMILES string of the molecule is CC(=O)c1c(OCCN2CCOCC2)c(OC[C@H]2C[C@H]2c2ccccc2)c2occc2c1C. The van der Waals surface area contributed by atoms with E-state index in [1.807, 2.05) is 19.1 Å². The predicted octanol–water partition coefficient (Wildman–Crippen LogP) is 4.84. The van der Waals surface area contributed by atoms with E-state index < -0.39 is 0 Å². The molecule has 6 heteroatoms. The van der Waals surface area contributed by atoms with E-state index in [4.69, 9.17) is 18.6 Å². The van der Waals surface area contributed by atoms with Crippen LogP contribution in [0.2, 0.25) is 0 Å². The van der Waals surface area contributed by atoms with Gasteiger partial charge < -0.3 is 18.6 Å². The molecule has 5 rings (SSSR count). The summed E-state index contributed by atoms with van der Waals surface area (Å²) in [6.45, 7) is 8.61. The average Bonchev–Trinajstić information content (AvgIpc) is 3.44. The van der Waals surface area contributed by atoms with E-state index in [9.17, 15) is 4.79 Å². The summed E-state index contributed by atoms with van der Waals surface area (Å²) in [4.78, 5) is 15.0. The Kier molecular flexibility index (Phi) is 6.38. The van der Waals surface area contributed by atoms with Gasteiger partial charge in [0.25, 0.3) is 0 Å². The third kappa shape index (κ3) is 4.63. The lowest BCUT2D eigenvalue weighted by atomic mass is 9.99. The second-order valence-electron chi connectivity index (χ2n) is 9.00. The van der Waals surface area contributed by atoms with Crippen molar-refractivity contribution in [3.8, 4) is 11.5 Å². The summed E-state index contributed by atoms with van der Waals surface area (Å²) >= 11 is 0. The van der Waals surface area contributed by atoms with Gasteiger partial charge in [0.05, 0.1) is 31.6 Å². The van der Waals surface area contributed by atoms with E-state index in [-0.39, 0.29) is 5.78 Å². The minimum atomic E-state index is -0.0320. The number of aryl methyl sites for hydroxylation is 1. The number of hydrogen-bond acceptors (Lipinski definition) is 6. The van der Waals surface area contributed by atoms with Gasteiger partial charge in [0, 0.05) is 30.9 Å².